The first-order valence-corrected chi connectivity index (χ1v) is 15.6. The molecule has 8 heteroatoms. The fourth-order valence-electron chi connectivity index (χ4n) is 5.08. The lowest BCUT2D eigenvalue weighted by Gasteiger charge is -2.25. The Hall–Kier alpha value is -1.92. The number of hydrogen-bond acceptors (Lipinski definition) is 7. The Morgan fingerprint density at radius 1 is 1.13 bits per heavy atom. The minimum absolute atomic E-state index is 0.0606. The lowest BCUT2D eigenvalue weighted by Crippen LogP contribution is -2.38. The lowest BCUT2D eigenvalue weighted by molar-refractivity contribution is 0.0696. The van der Waals surface area contributed by atoms with Gasteiger partial charge in [-0.25, -0.2) is 4.98 Å². The fraction of sp³-hybridized carbons (Fsp3) is 0.633. The number of carbonyl (C=O) groups is 1. The van der Waals surface area contributed by atoms with Crippen molar-refractivity contribution in [2.75, 3.05) is 13.2 Å². The summed E-state index contributed by atoms with van der Waals surface area (Å²) in [5, 5.41) is 13.7. The average molecular weight is 555 g/mol. The zero-order valence-corrected chi connectivity index (χ0v) is 25.1. The molecule has 4 rings (SSSR count). The molecule has 1 aromatic carbocycles. The second kappa shape index (κ2) is 12.5. The molecule has 1 saturated heterocycles. The number of nitrogens with zero attached hydrogens (tertiary/aromatic N) is 2. The first kappa shape index (κ1) is 29.1. The van der Waals surface area contributed by atoms with Gasteiger partial charge in [-0.1, -0.05) is 38.2 Å². The van der Waals surface area contributed by atoms with E-state index < -0.39 is 5.41 Å². The van der Waals surface area contributed by atoms with Crippen LogP contribution in [0.25, 0.3) is 10.4 Å². The number of benzene rings is 1. The van der Waals surface area contributed by atoms with Gasteiger partial charge in [0.15, 0.2) is 5.01 Å². The maximum atomic E-state index is 13.2. The highest BCUT2D eigenvalue weighted by atomic mass is 32.2. The third kappa shape index (κ3) is 7.59. The summed E-state index contributed by atoms with van der Waals surface area (Å²) < 4.78 is 8.95. The summed E-state index contributed by atoms with van der Waals surface area (Å²) in [6.45, 7) is 11.7. The Kier molecular flexibility index (Phi) is 9.57. The molecule has 0 radical (unpaired) electrons. The van der Waals surface area contributed by atoms with Crippen LogP contribution in [0.2, 0.25) is 0 Å². The summed E-state index contributed by atoms with van der Waals surface area (Å²) >= 11 is 3.06. The van der Waals surface area contributed by atoms with Crippen LogP contribution in [-0.4, -0.2) is 35.7 Å². The largest absolute Gasteiger partial charge is 0.381 e. The van der Waals surface area contributed by atoms with E-state index in [2.05, 4.69) is 55.1 Å². The molecule has 0 spiro atoms. The van der Waals surface area contributed by atoms with E-state index in [1.165, 1.54) is 43.4 Å². The van der Waals surface area contributed by atoms with Crippen molar-refractivity contribution in [2.45, 2.75) is 108 Å². The van der Waals surface area contributed by atoms with Gasteiger partial charge in [0.05, 0.1) is 22.1 Å². The standard InChI is InChI=1S/C30H42N4O2S2/c1-29(2,3)34-38-25-12-11-21(18-23(25)30(4,5)19-31)26-24(17-20-9-7-6-8-10-20)33-28(37-26)27(35)32-22-13-15-36-16-14-22/h11-12,18,20,22,34H,6-10,13-17H2,1-5H3,(H,32,35). The van der Waals surface area contributed by atoms with Gasteiger partial charge in [0.1, 0.15) is 0 Å². The van der Waals surface area contributed by atoms with Crippen molar-refractivity contribution in [3.8, 4) is 16.5 Å². The first-order valence-electron chi connectivity index (χ1n) is 13.9. The van der Waals surface area contributed by atoms with Gasteiger partial charge in [-0.3, -0.25) is 9.52 Å². The maximum Gasteiger partial charge on any atom is 0.280 e. The van der Waals surface area contributed by atoms with Gasteiger partial charge in [-0.15, -0.1) is 11.3 Å². The molecule has 2 N–H and O–H groups in total. The smallest absolute Gasteiger partial charge is 0.280 e. The van der Waals surface area contributed by atoms with Crippen LogP contribution in [0.4, 0.5) is 0 Å². The zero-order valence-electron chi connectivity index (χ0n) is 23.5. The number of ether oxygens (including phenoxy) is 1. The van der Waals surface area contributed by atoms with E-state index in [0.29, 0.717) is 24.1 Å². The van der Waals surface area contributed by atoms with Crippen molar-refractivity contribution in [3.63, 3.8) is 0 Å². The Labute approximate surface area is 236 Å². The topological polar surface area (TPSA) is 87.0 Å². The van der Waals surface area contributed by atoms with Gasteiger partial charge in [-0.05, 0) is 95.0 Å². The van der Waals surface area contributed by atoms with E-state index in [-0.39, 0.29) is 17.5 Å². The van der Waals surface area contributed by atoms with E-state index in [9.17, 15) is 10.1 Å². The third-order valence-corrected chi connectivity index (χ3v) is 9.75. The molecule has 2 fully saturated rings. The number of aromatic nitrogens is 1. The minimum atomic E-state index is -0.657. The van der Waals surface area contributed by atoms with Crippen molar-refractivity contribution >= 4 is 29.2 Å². The van der Waals surface area contributed by atoms with Crippen LogP contribution in [0.5, 0.6) is 0 Å². The number of nitrogens with one attached hydrogen (secondary N) is 2. The van der Waals surface area contributed by atoms with Crippen molar-refractivity contribution in [2.24, 2.45) is 5.92 Å². The molecule has 38 heavy (non-hydrogen) atoms. The van der Waals surface area contributed by atoms with Gasteiger partial charge in [0.2, 0.25) is 0 Å². The van der Waals surface area contributed by atoms with E-state index in [4.69, 9.17) is 9.72 Å². The SMILES string of the molecule is CC(C)(C)NSc1ccc(-c2sc(C(=O)NC3CCOCC3)nc2CC2CCCCC2)cc1C(C)(C)C#N. The predicted octanol–water partition coefficient (Wildman–Crippen LogP) is 7.04. The minimum Gasteiger partial charge on any atom is -0.381 e. The summed E-state index contributed by atoms with van der Waals surface area (Å²) in [7, 11) is 0. The number of amides is 1. The summed E-state index contributed by atoms with van der Waals surface area (Å²) in [4.78, 5) is 20.3. The maximum absolute atomic E-state index is 13.2. The Balaban J connectivity index is 1.69. The number of rotatable bonds is 8. The molecule has 2 heterocycles. The number of thiazole rings is 1. The molecular weight excluding hydrogens is 512 g/mol. The second-order valence-corrected chi connectivity index (χ2v) is 14.1. The summed E-state index contributed by atoms with van der Waals surface area (Å²) in [6, 6.07) is 9.02. The van der Waals surface area contributed by atoms with Crippen LogP contribution in [0, 0.1) is 17.2 Å². The molecule has 0 unspecified atom stereocenters. The van der Waals surface area contributed by atoms with Crippen LogP contribution in [0.1, 0.15) is 101 Å². The average Bonchev–Trinajstić information content (AvgIpc) is 3.32. The quantitative estimate of drug-likeness (QED) is 0.340. The highest BCUT2D eigenvalue weighted by Gasteiger charge is 2.28. The first-order chi connectivity index (χ1) is 18.1. The molecule has 1 saturated carbocycles. The van der Waals surface area contributed by atoms with Crippen LogP contribution < -0.4 is 10.0 Å². The number of carbonyl (C=O) groups excluding carboxylic acids is 1. The monoisotopic (exact) mass is 554 g/mol. The van der Waals surface area contributed by atoms with E-state index in [0.717, 1.165) is 45.9 Å². The second-order valence-electron chi connectivity index (χ2n) is 12.3. The summed E-state index contributed by atoms with van der Waals surface area (Å²) in [5.41, 5.74) is 2.33. The summed E-state index contributed by atoms with van der Waals surface area (Å²) in [6.07, 6.45) is 8.88. The van der Waals surface area contributed by atoms with Crippen LogP contribution in [-0.2, 0) is 16.6 Å². The molecule has 1 aromatic heterocycles. The lowest BCUT2D eigenvalue weighted by atomic mass is 9.84. The van der Waals surface area contributed by atoms with Gasteiger partial charge in [-0.2, -0.15) is 5.26 Å². The van der Waals surface area contributed by atoms with E-state index in [1.54, 1.807) is 11.9 Å². The highest BCUT2D eigenvalue weighted by Crippen LogP contribution is 2.40. The van der Waals surface area contributed by atoms with Crippen molar-refractivity contribution in [3.05, 3.63) is 34.5 Å². The van der Waals surface area contributed by atoms with Crippen molar-refractivity contribution < 1.29 is 9.53 Å². The Morgan fingerprint density at radius 3 is 2.50 bits per heavy atom. The van der Waals surface area contributed by atoms with Crippen LogP contribution in [0.3, 0.4) is 0 Å². The number of nitriles is 1. The van der Waals surface area contributed by atoms with Crippen molar-refractivity contribution in [1.82, 2.24) is 15.0 Å². The van der Waals surface area contributed by atoms with E-state index >= 15 is 0 Å². The predicted molar refractivity (Wildman–Crippen MR) is 157 cm³/mol. The van der Waals surface area contributed by atoms with Gasteiger partial charge in [0, 0.05) is 29.7 Å². The molecule has 2 aromatic rings. The molecule has 1 aliphatic heterocycles. The molecule has 206 valence electrons. The zero-order chi connectivity index (χ0) is 27.3. The molecule has 6 nitrogen and oxygen atoms in total. The molecule has 1 amide bonds. The molecular formula is C30H42N4O2S2. The van der Waals surface area contributed by atoms with Gasteiger partial charge >= 0.3 is 0 Å². The third-order valence-electron chi connectivity index (χ3n) is 7.32. The molecule has 1 aliphatic carbocycles. The van der Waals surface area contributed by atoms with E-state index in [1.807, 2.05) is 13.8 Å². The normalized spacial score (nSPS) is 17.8. The van der Waals surface area contributed by atoms with Gasteiger partial charge < -0.3 is 10.1 Å². The summed E-state index contributed by atoms with van der Waals surface area (Å²) in [5.74, 6) is 0.522. The van der Waals surface area contributed by atoms with Gasteiger partial charge in [0.25, 0.3) is 5.91 Å². The number of hydrogen-bond donors (Lipinski definition) is 2. The van der Waals surface area contributed by atoms with Crippen molar-refractivity contribution in [1.29, 1.82) is 5.26 Å². The highest BCUT2D eigenvalue weighted by molar-refractivity contribution is 7.97. The Bertz CT molecular complexity index is 1150. The van der Waals surface area contributed by atoms with Crippen LogP contribution in [0.15, 0.2) is 23.1 Å². The molecule has 0 atom stereocenters. The Morgan fingerprint density at radius 2 is 1.84 bits per heavy atom. The molecule has 2 aliphatic rings. The van der Waals surface area contributed by atoms with Crippen LogP contribution >= 0.6 is 23.3 Å². The fourth-order valence-corrected chi connectivity index (χ4v) is 7.05. The molecule has 0 bridgehead atoms.